The Morgan fingerprint density at radius 2 is 0.919 bits per heavy atom. The van der Waals surface area contributed by atoms with E-state index in [1.807, 2.05) is 24.3 Å². The maximum Gasteiger partial charge on any atom is 0.0467 e. The first-order chi connectivity index (χ1) is 18.2. The molecule has 2 heteroatoms. The minimum atomic E-state index is 1.06. The van der Waals surface area contributed by atoms with E-state index in [4.69, 9.17) is 0 Å². The van der Waals surface area contributed by atoms with Crippen LogP contribution >= 0.6 is 0 Å². The number of anilines is 5. The van der Waals surface area contributed by atoms with Crippen molar-refractivity contribution in [2.75, 3.05) is 16.8 Å². The van der Waals surface area contributed by atoms with Crippen LogP contribution < -0.4 is 9.80 Å². The Bertz CT molecular complexity index is 1490. The maximum absolute atomic E-state index is 4.00. The second-order valence-electron chi connectivity index (χ2n) is 8.88. The third-order valence-electron chi connectivity index (χ3n) is 6.64. The Morgan fingerprint density at radius 3 is 1.51 bits per heavy atom. The van der Waals surface area contributed by atoms with E-state index in [1.54, 1.807) is 0 Å². The fourth-order valence-corrected chi connectivity index (χ4v) is 4.57. The van der Waals surface area contributed by atoms with Gasteiger partial charge in [0.1, 0.15) is 0 Å². The number of benzene rings is 5. The lowest BCUT2D eigenvalue weighted by molar-refractivity contribution is 1.20. The van der Waals surface area contributed by atoms with Gasteiger partial charge < -0.3 is 9.80 Å². The molecule has 37 heavy (non-hydrogen) atoms. The lowest BCUT2D eigenvalue weighted by atomic mass is 10.0. The van der Waals surface area contributed by atoms with Crippen molar-refractivity contribution in [2.24, 2.45) is 0 Å². The molecule has 0 unspecified atom stereocenters. The highest BCUT2D eigenvalue weighted by Gasteiger charge is 2.14. The van der Waals surface area contributed by atoms with Gasteiger partial charge in [0, 0.05) is 35.5 Å². The molecule has 0 radical (unpaired) electrons. The summed E-state index contributed by atoms with van der Waals surface area (Å²) >= 11 is 0. The van der Waals surface area contributed by atoms with E-state index in [-0.39, 0.29) is 0 Å². The fraction of sp³-hybridized carbons (Fsp3) is 0.0286. The van der Waals surface area contributed by atoms with E-state index in [2.05, 4.69) is 145 Å². The van der Waals surface area contributed by atoms with Gasteiger partial charge in [-0.05, 0) is 82.9 Å². The van der Waals surface area contributed by atoms with Crippen molar-refractivity contribution < 1.29 is 0 Å². The van der Waals surface area contributed by atoms with Crippen LogP contribution in [-0.2, 0) is 0 Å². The zero-order valence-electron chi connectivity index (χ0n) is 21.1. The standard InChI is InChI=1S/C35H30N2/c1-4-27-16-21-35(26-28(27)5-2)37(33-14-10-7-11-15-33)34-24-22-32(23-25-34)36(3)31-19-17-30(18-20-31)29-12-8-6-9-13-29/h4-26H,1-2H2,3H3. The first-order valence-corrected chi connectivity index (χ1v) is 12.4. The number of hydrogen-bond donors (Lipinski definition) is 0. The highest BCUT2D eigenvalue weighted by atomic mass is 15.1. The first-order valence-electron chi connectivity index (χ1n) is 12.4. The van der Waals surface area contributed by atoms with E-state index in [0.29, 0.717) is 0 Å². The molecule has 0 atom stereocenters. The van der Waals surface area contributed by atoms with E-state index in [1.165, 1.54) is 11.1 Å². The van der Waals surface area contributed by atoms with Crippen molar-refractivity contribution in [3.8, 4) is 11.1 Å². The molecule has 0 heterocycles. The summed E-state index contributed by atoms with van der Waals surface area (Å²) in [6.45, 7) is 7.93. The summed E-state index contributed by atoms with van der Waals surface area (Å²) in [6, 6.07) is 44.7. The van der Waals surface area contributed by atoms with Crippen LogP contribution in [-0.4, -0.2) is 7.05 Å². The third-order valence-corrected chi connectivity index (χ3v) is 6.64. The molecule has 0 amide bonds. The van der Waals surface area contributed by atoms with Gasteiger partial charge in [-0.3, -0.25) is 0 Å². The van der Waals surface area contributed by atoms with Gasteiger partial charge in [0.2, 0.25) is 0 Å². The molecule has 5 rings (SSSR count). The molecule has 180 valence electrons. The van der Waals surface area contributed by atoms with Crippen molar-refractivity contribution in [1.82, 2.24) is 0 Å². The highest BCUT2D eigenvalue weighted by Crippen LogP contribution is 2.37. The molecule has 0 aliphatic rings. The smallest absolute Gasteiger partial charge is 0.0467 e. The molecule has 0 N–H and O–H groups in total. The predicted molar refractivity (Wildman–Crippen MR) is 161 cm³/mol. The molecule has 0 aliphatic carbocycles. The van der Waals surface area contributed by atoms with Gasteiger partial charge in [0.05, 0.1) is 0 Å². The minimum absolute atomic E-state index is 1.06. The number of nitrogens with zero attached hydrogens (tertiary/aromatic N) is 2. The quantitative estimate of drug-likeness (QED) is 0.219. The summed E-state index contributed by atoms with van der Waals surface area (Å²) in [6.07, 6.45) is 3.75. The number of hydrogen-bond acceptors (Lipinski definition) is 2. The molecule has 0 bridgehead atoms. The minimum Gasteiger partial charge on any atom is -0.345 e. The summed E-state index contributed by atoms with van der Waals surface area (Å²) in [5.41, 5.74) is 10.1. The molecule has 0 aromatic heterocycles. The van der Waals surface area contributed by atoms with Crippen molar-refractivity contribution in [2.45, 2.75) is 0 Å². The fourth-order valence-electron chi connectivity index (χ4n) is 4.57. The van der Waals surface area contributed by atoms with Gasteiger partial charge in [-0.2, -0.15) is 0 Å². The van der Waals surface area contributed by atoms with Crippen LogP contribution in [0.5, 0.6) is 0 Å². The molecular formula is C35H30N2. The summed E-state index contributed by atoms with van der Waals surface area (Å²) in [4.78, 5) is 4.47. The van der Waals surface area contributed by atoms with Crippen LogP contribution in [0.25, 0.3) is 23.3 Å². The van der Waals surface area contributed by atoms with Crippen molar-refractivity contribution >= 4 is 40.6 Å². The summed E-state index contributed by atoms with van der Waals surface area (Å²) in [5, 5.41) is 0. The van der Waals surface area contributed by atoms with Crippen LogP contribution in [0.4, 0.5) is 28.4 Å². The van der Waals surface area contributed by atoms with E-state index in [9.17, 15) is 0 Å². The molecule has 5 aromatic carbocycles. The second-order valence-corrected chi connectivity index (χ2v) is 8.88. The normalized spacial score (nSPS) is 10.5. The van der Waals surface area contributed by atoms with Crippen molar-refractivity contribution in [3.05, 3.63) is 152 Å². The van der Waals surface area contributed by atoms with Crippen LogP contribution in [0.2, 0.25) is 0 Å². The SMILES string of the molecule is C=Cc1ccc(N(c2ccccc2)c2ccc(N(C)c3ccc(-c4ccccc4)cc3)cc2)cc1C=C. The molecule has 0 aliphatic heterocycles. The predicted octanol–water partition coefficient (Wildman–Crippen LogP) is 9.88. The zero-order chi connectivity index (χ0) is 25.6. The maximum atomic E-state index is 4.00. The Labute approximate surface area is 220 Å². The van der Waals surface area contributed by atoms with Crippen LogP contribution in [0.3, 0.4) is 0 Å². The van der Waals surface area contributed by atoms with Gasteiger partial charge in [-0.25, -0.2) is 0 Å². The zero-order valence-corrected chi connectivity index (χ0v) is 21.1. The second kappa shape index (κ2) is 10.8. The molecule has 5 aromatic rings. The van der Waals surface area contributed by atoms with E-state index in [0.717, 1.165) is 39.6 Å². The van der Waals surface area contributed by atoms with Gasteiger partial charge >= 0.3 is 0 Å². The molecular weight excluding hydrogens is 448 g/mol. The third kappa shape index (κ3) is 5.10. The van der Waals surface area contributed by atoms with Crippen LogP contribution in [0.15, 0.2) is 141 Å². The average Bonchev–Trinajstić information content (AvgIpc) is 2.98. The Morgan fingerprint density at radius 1 is 0.459 bits per heavy atom. The Hall–Kier alpha value is -4.82. The number of para-hydroxylation sites is 1. The topological polar surface area (TPSA) is 6.48 Å². The Kier molecular flexibility index (Phi) is 7.00. The average molecular weight is 479 g/mol. The van der Waals surface area contributed by atoms with Crippen LogP contribution in [0.1, 0.15) is 11.1 Å². The summed E-state index contributed by atoms with van der Waals surface area (Å²) < 4.78 is 0. The van der Waals surface area contributed by atoms with Crippen LogP contribution in [0, 0.1) is 0 Å². The highest BCUT2D eigenvalue weighted by molar-refractivity contribution is 5.81. The lowest BCUT2D eigenvalue weighted by Gasteiger charge is -2.27. The lowest BCUT2D eigenvalue weighted by Crippen LogP contribution is -2.12. The molecule has 0 saturated heterocycles. The van der Waals surface area contributed by atoms with E-state index >= 15 is 0 Å². The molecule has 2 nitrogen and oxygen atoms in total. The van der Waals surface area contributed by atoms with Gasteiger partial charge in [-0.15, -0.1) is 0 Å². The van der Waals surface area contributed by atoms with Gasteiger partial charge in [-0.1, -0.05) is 92.0 Å². The van der Waals surface area contributed by atoms with E-state index < -0.39 is 0 Å². The molecule has 0 saturated carbocycles. The van der Waals surface area contributed by atoms with Gasteiger partial charge in [0.15, 0.2) is 0 Å². The largest absolute Gasteiger partial charge is 0.345 e. The van der Waals surface area contributed by atoms with Crippen molar-refractivity contribution in [1.29, 1.82) is 0 Å². The number of rotatable bonds is 8. The summed E-state index contributed by atoms with van der Waals surface area (Å²) in [7, 11) is 2.10. The molecule has 0 fully saturated rings. The monoisotopic (exact) mass is 478 g/mol. The van der Waals surface area contributed by atoms with Crippen molar-refractivity contribution in [3.63, 3.8) is 0 Å². The summed E-state index contributed by atoms with van der Waals surface area (Å²) in [5.74, 6) is 0. The first kappa shape index (κ1) is 23.9. The van der Waals surface area contributed by atoms with Gasteiger partial charge in [0.25, 0.3) is 0 Å². The molecule has 0 spiro atoms. The Balaban J connectivity index is 1.45.